The number of fused-ring (bicyclic) bond motifs is 1. The Morgan fingerprint density at radius 3 is 2.44 bits per heavy atom. The summed E-state index contributed by atoms with van der Waals surface area (Å²) >= 11 is 0. The van der Waals surface area contributed by atoms with Gasteiger partial charge in [0.1, 0.15) is 0 Å². The molecular formula is C15H26O. The first-order chi connectivity index (χ1) is 7.31. The molecule has 1 heteroatoms. The van der Waals surface area contributed by atoms with Crippen LogP contribution in [0.2, 0.25) is 0 Å². The van der Waals surface area contributed by atoms with Gasteiger partial charge in [0.15, 0.2) is 0 Å². The van der Waals surface area contributed by atoms with E-state index in [1.54, 1.807) is 0 Å². The summed E-state index contributed by atoms with van der Waals surface area (Å²) in [7, 11) is 0. The SMILES string of the molecule is C=C[C@@]1(C)CC[C@H]2C(C)(C)CCC[C@]2(C)O1. The van der Waals surface area contributed by atoms with Crippen LogP contribution in [0, 0.1) is 11.3 Å². The maximum Gasteiger partial charge on any atom is 0.0839 e. The molecule has 0 bridgehead atoms. The monoisotopic (exact) mass is 222 g/mol. The summed E-state index contributed by atoms with van der Waals surface area (Å²) in [6, 6.07) is 0. The lowest BCUT2D eigenvalue weighted by atomic mass is 9.58. The lowest BCUT2D eigenvalue weighted by Crippen LogP contribution is -2.56. The highest BCUT2D eigenvalue weighted by atomic mass is 16.5. The number of ether oxygens (including phenoxy) is 1. The van der Waals surface area contributed by atoms with Crippen molar-refractivity contribution in [2.45, 2.75) is 71.0 Å². The van der Waals surface area contributed by atoms with Crippen molar-refractivity contribution in [2.75, 3.05) is 0 Å². The van der Waals surface area contributed by atoms with Gasteiger partial charge in [-0.2, -0.15) is 0 Å². The van der Waals surface area contributed by atoms with Crippen molar-refractivity contribution < 1.29 is 4.74 Å². The Morgan fingerprint density at radius 2 is 1.81 bits per heavy atom. The minimum absolute atomic E-state index is 0.0724. The smallest absolute Gasteiger partial charge is 0.0839 e. The topological polar surface area (TPSA) is 9.23 Å². The van der Waals surface area contributed by atoms with Crippen LogP contribution in [0.1, 0.15) is 59.8 Å². The molecular weight excluding hydrogens is 196 g/mol. The van der Waals surface area contributed by atoms with Crippen molar-refractivity contribution in [3.63, 3.8) is 0 Å². The maximum absolute atomic E-state index is 6.43. The molecule has 2 fully saturated rings. The molecule has 1 aliphatic carbocycles. The summed E-state index contributed by atoms with van der Waals surface area (Å²) < 4.78 is 6.43. The normalized spacial score (nSPS) is 47.1. The Balaban J connectivity index is 2.26. The number of hydrogen-bond donors (Lipinski definition) is 0. The molecule has 1 heterocycles. The minimum atomic E-state index is -0.0985. The molecule has 0 aromatic rings. The molecule has 0 aromatic carbocycles. The van der Waals surface area contributed by atoms with E-state index in [1.807, 2.05) is 6.08 Å². The molecule has 0 radical (unpaired) electrons. The van der Waals surface area contributed by atoms with Gasteiger partial charge >= 0.3 is 0 Å². The number of hydrogen-bond acceptors (Lipinski definition) is 1. The summed E-state index contributed by atoms with van der Waals surface area (Å²) in [6.07, 6.45) is 8.27. The number of rotatable bonds is 1. The third kappa shape index (κ3) is 1.84. The van der Waals surface area contributed by atoms with Crippen molar-refractivity contribution in [2.24, 2.45) is 11.3 Å². The van der Waals surface area contributed by atoms with Crippen LogP contribution in [-0.4, -0.2) is 11.2 Å². The molecule has 0 spiro atoms. The van der Waals surface area contributed by atoms with Gasteiger partial charge in [-0.1, -0.05) is 26.3 Å². The third-order valence-corrected chi connectivity index (χ3v) is 5.00. The fraction of sp³-hybridized carbons (Fsp3) is 0.867. The second kappa shape index (κ2) is 3.60. The van der Waals surface area contributed by atoms with Gasteiger partial charge < -0.3 is 4.74 Å². The standard InChI is InChI=1S/C15H26O/c1-6-14(4)11-8-12-13(2,3)9-7-10-15(12,5)16-14/h6,12H,1,7-11H2,2-5H3/t12-,14-,15-/m0/s1. The van der Waals surface area contributed by atoms with Crippen molar-refractivity contribution in [3.8, 4) is 0 Å². The zero-order chi connectivity index (χ0) is 12.0. The van der Waals surface area contributed by atoms with Gasteiger partial charge in [-0.25, -0.2) is 0 Å². The van der Waals surface area contributed by atoms with Crippen LogP contribution in [0.25, 0.3) is 0 Å². The molecule has 2 rings (SSSR count). The molecule has 3 atom stereocenters. The molecule has 2 aliphatic rings. The molecule has 1 aliphatic heterocycles. The Kier molecular flexibility index (Phi) is 2.73. The van der Waals surface area contributed by atoms with Gasteiger partial charge in [-0.05, 0) is 50.9 Å². The minimum Gasteiger partial charge on any atom is -0.365 e. The van der Waals surface area contributed by atoms with Crippen LogP contribution in [0.5, 0.6) is 0 Å². The van der Waals surface area contributed by atoms with Gasteiger partial charge in [0, 0.05) is 0 Å². The van der Waals surface area contributed by atoms with Gasteiger partial charge in [0.25, 0.3) is 0 Å². The van der Waals surface area contributed by atoms with Crippen LogP contribution in [0.3, 0.4) is 0 Å². The fourth-order valence-corrected chi connectivity index (χ4v) is 4.05. The first-order valence-corrected chi connectivity index (χ1v) is 6.65. The Labute approximate surface area is 100 Å². The highest BCUT2D eigenvalue weighted by molar-refractivity contribution is 5.07. The van der Waals surface area contributed by atoms with Crippen molar-refractivity contribution in [1.82, 2.24) is 0 Å². The summed E-state index contributed by atoms with van der Waals surface area (Å²) in [6.45, 7) is 13.3. The molecule has 0 N–H and O–H groups in total. The van der Waals surface area contributed by atoms with Crippen molar-refractivity contribution in [1.29, 1.82) is 0 Å². The molecule has 0 amide bonds. The summed E-state index contributed by atoms with van der Waals surface area (Å²) in [5.41, 5.74) is 0.414. The van der Waals surface area contributed by atoms with Crippen molar-refractivity contribution >= 4 is 0 Å². The molecule has 92 valence electrons. The molecule has 1 saturated carbocycles. The first-order valence-electron chi connectivity index (χ1n) is 6.65. The zero-order valence-corrected chi connectivity index (χ0v) is 11.3. The molecule has 16 heavy (non-hydrogen) atoms. The molecule has 0 aromatic heterocycles. The highest BCUT2D eigenvalue weighted by Gasteiger charge is 2.52. The van der Waals surface area contributed by atoms with Gasteiger partial charge in [0.05, 0.1) is 11.2 Å². The maximum atomic E-state index is 6.43. The van der Waals surface area contributed by atoms with Crippen LogP contribution in [0.15, 0.2) is 12.7 Å². The quantitative estimate of drug-likeness (QED) is 0.600. The van der Waals surface area contributed by atoms with Gasteiger partial charge in [-0.3, -0.25) is 0 Å². The lowest BCUT2D eigenvalue weighted by molar-refractivity contribution is -0.221. The predicted octanol–water partition coefficient (Wildman–Crippen LogP) is 4.33. The highest BCUT2D eigenvalue weighted by Crippen LogP contribution is 2.54. The first kappa shape index (κ1) is 12.2. The van der Waals surface area contributed by atoms with E-state index in [-0.39, 0.29) is 11.2 Å². The Hall–Kier alpha value is -0.300. The zero-order valence-electron chi connectivity index (χ0n) is 11.3. The second-order valence-electron chi connectivity index (χ2n) is 6.86. The average Bonchev–Trinajstić information content (AvgIpc) is 2.15. The van der Waals surface area contributed by atoms with E-state index in [1.165, 1.54) is 25.7 Å². The van der Waals surface area contributed by atoms with Gasteiger partial charge in [0.2, 0.25) is 0 Å². The third-order valence-electron chi connectivity index (χ3n) is 5.00. The fourth-order valence-electron chi connectivity index (χ4n) is 4.05. The van der Waals surface area contributed by atoms with Gasteiger partial charge in [-0.15, -0.1) is 6.58 Å². The van der Waals surface area contributed by atoms with E-state index in [4.69, 9.17) is 4.74 Å². The predicted molar refractivity (Wildman–Crippen MR) is 68.4 cm³/mol. The van der Waals surface area contributed by atoms with E-state index in [0.29, 0.717) is 11.3 Å². The average molecular weight is 222 g/mol. The van der Waals surface area contributed by atoms with E-state index in [9.17, 15) is 0 Å². The van der Waals surface area contributed by atoms with Crippen LogP contribution >= 0.6 is 0 Å². The van der Waals surface area contributed by atoms with E-state index in [2.05, 4.69) is 34.3 Å². The second-order valence-corrected chi connectivity index (χ2v) is 6.86. The van der Waals surface area contributed by atoms with E-state index < -0.39 is 0 Å². The summed E-state index contributed by atoms with van der Waals surface area (Å²) in [4.78, 5) is 0. The Bertz CT molecular complexity index is 294. The molecule has 0 unspecified atom stereocenters. The summed E-state index contributed by atoms with van der Waals surface area (Å²) in [5.74, 6) is 0.710. The van der Waals surface area contributed by atoms with Crippen LogP contribution in [-0.2, 0) is 4.74 Å². The van der Waals surface area contributed by atoms with Crippen LogP contribution < -0.4 is 0 Å². The Morgan fingerprint density at radius 1 is 1.12 bits per heavy atom. The lowest BCUT2D eigenvalue weighted by Gasteiger charge is -2.57. The van der Waals surface area contributed by atoms with Crippen molar-refractivity contribution in [3.05, 3.63) is 12.7 Å². The molecule has 1 saturated heterocycles. The van der Waals surface area contributed by atoms with E-state index >= 15 is 0 Å². The van der Waals surface area contributed by atoms with E-state index in [0.717, 1.165) is 6.42 Å². The van der Waals surface area contributed by atoms with Crippen LogP contribution in [0.4, 0.5) is 0 Å². The largest absolute Gasteiger partial charge is 0.365 e. The molecule has 1 nitrogen and oxygen atoms in total. The summed E-state index contributed by atoms with van der Waals surface area (Å²) in [5, 5.41) is 0.